The van der Waals surface area contributed by atoms with Crippen LogP contribution in [0.5, 0.6) is 11.5 Å². The number of nitrogens with one attached hydrogen (secondary N) is 2. The van der Waals surface area contributed by atoms with Crippen molar-refractivity contribution in [2.45, 2.75) is 46.1 Å². The molecule has 2 aromatic rings. The van der Waals surface area contributed by atoms with Gasteiger partial charge in [-0.3, -0.25) is 9.59 Å². The van der Waals surface area contributed by atoms with Gasteiger partial charge in [0.25, 0.3) is 11.8 Å². The first-order valence-corrected chi connectivity index (χ1v) is 12.1. The van der Waals surface area contributed by atoms with Crippen LogP contribution in [0.1, 0.15) is 40.0 Å². The first-order valence-electron chi connectivity index (χ1n) is 11.3. The molecule has 6 nitrogen and oxygen atoms in total. The van der Waals surface area contributed by atoms with Gasteiger partial charge in [-0.15, -0.1) is 0 Å². The van der Waals surface area contributed by atoms with Crippen molar-refractivity contribution in [2.75, 3.05) is 19.8 Å². The van der Waals surface area contributed by atoms with E-state index in [2.05, 4.69) is 31.4 Å². The zero-order valence-corrected chi connectivity index (χ0v) is 21.3. The Morgan fingerprint density at radius 1 is 0.853 bits per heavy atom. The van der Waals surface area contributed by atoms with Crippen molar-refractivity contribution >= 4 is 35.0 Å². The van der Waals surface area contributed by atoms with Gasteiger partial charge in [0.1, 0.15) is 11.5 Å². The molecule has 2 aromatic carbocycles. The quantitative estimate of drug-likeness (QED) is 0.485. The Balaban J connectivity index is 1.48. The maximum absolute atomic E-state index is 12.5. The van der Waals surface area contributed by atoms with E-state index >= 15 is 0 Å². The number of halogens is 2. The second-order valence-corrected chi connectivity index (χ2v) is 11.0. The Morgan fingerprint density at radius 3 is 1.88 bits per heavy atom. The van der Waals surface area contributed by atoms with E-state index in [-0.39, 0.29) is 41.9 Å². The summed E-state index contributed by atoms with van der Waals surface area (Å²) < 4.78 is 11.1. The fourth-order valence-corrected chi connectivity index (χ4v) is 5.11. The van der Waals surface area contributed by atoms with Crippen molar-refractivity contribution in [1.29, 1.82) is 0 Å². The lowest BCUT2D eigenvalue weighted by molar-refractivity contribution is -0.126. The lowest BCUT2D eigenvalue weighted by atomic mass is 9.62. The van der Waals surface area contributed by atoms with Gasteiger partial charge >= 0.3 is 0 Å². The van der Waals surface area contributed by atoms with Crippen LogP contribution in [0, 0.1) is 10.8 Å². The summed E-state index contributed by atoms with van der Waals surface area (Å²) >= 11 is 11.8. The van der Waals surface area contributed by atoms with Crippen molar-refractivity contribution in [3.63, 3.8) is 0 Å². The van der Waals surface area contributed by atoms with E-state index < -0.39 is 0 Å². The third kappa shape index (κ3) is 8.41. The number of carbonyl (C=O) groups is 2. The van der Waals surface area contributed by atoms with Crippen LogP contribution in [0.3, 0.4) is 0 Å². The minimum Gasteiger partial charge on any atom is -0.484 e. The minimum absolute atomic E-state index is 0.00251. The highest BCUT2D eigenvalue weighted by molar-refractivity contribution is 6.30. The van der Waals surface area contributed by atoms with E-state index in [9.17, 15) is 9.59 Å². The van der Waals surface area contributed by atoms with Crippen molar-refractivity contribution in [3.8, 4) is 11.5 Å². The number of carbonyl (C=O) groups excluding carboxylic acids is 2. The predicted octanol–water partition coefficient (Wildman–Crippen LogP) is 5.27. The number of amides is 2. The van der Waals surface area contributed by atoms with Crippen LogP contribution in [0.25, 0.3) is 0 Å². The Labute approximate surface area is 211 Å². The maximum atomic E-state index is 12.5. The summed E-state index contributed by atoms with van der Waals surface area (Å²) in [6.07, 6.45) is 2.57. The smallest absolute Gasteiger partial charge is 0.258 e. The highest BCUT2D eigenvalue weighted by atomic mass is 35.5. The van der Waals surface area contributed by atoms with Gasteiger partial charge in [0.05, 0.1) is 0 Å². The summed E-state index contributed by atoms with van der Waals surface area (Å²) in [4.78, 5) is 24.9. The lowest BCUT2D eigenvalue weighted by Crippen LogP contribution is -2.51. The number of ether oxygens (including phenoxy) is 2. The number of rotatable bonds is 9. The molecule has 0 aliphatic heterocycles. The van der Waals surface area contributed by atoms with Gasteiger partial charge in [0, 0.05) is 22.6 Å². The first-order chi connectivity index (χ1) is 16.0. The van der Waals surface area contributed by atoms with Crippen LogP contribution in [0.2, 0.25) is 10.0 Å². The molecule has 8 heteroatoms. The molecule has 1 saturated carbocycles. The fourth-order valence-electron chi connectivity index (χ4n) is 4.86. The largest absolute Gasteiger partial charge is 0.484 e. The van der Waals surface area contributed by atoms with Crippen molar-refractivity contribution in [2.24, 2.45) is 10.8 Å². The maximum Gasteiger partial charge on any atom is 0.258 e. The molecule has 0 spiro atoms. The van der Waals surface area contributed by atoms with Crippen molar-refractivity contribution in [1.82, 2.24) is 10.6 Å². The van der Waals surface area contributed by atoms with Gasteiger partial charge in [-0.25, -0.2) is 0 Å². The van der Waals surface area contributed by atoms with Gasteiger partial charge in [-0.05, 0) is 78.6 Å². The summed E-state index contributed by atoms with van der Waals surface area (Å²) in [5.41, 5.74) is -0.140. The monoisotopic (exact) mass is 506 g/mol. The van der Waals surface area contributed by atoms with Crippen LogP contribution in [-0.4, -0.2) is 37.6 Å². The van der Waals surface area contributed by atoms with E-state index in [1.165, 1.54) is 0 Å². The standard InChI is InChI=1S/C26H32Cl2N2O4/c1-25(2)12-20(30-24(32)15-34-22-10-6-19(28)7-11-22)13-26(3,16-25)17-29-23(31)14-33-21-8-4-18(27)5-9-21/h4-11,20H,12-17H2,1-3H3,(H,29,31)(H,30,32)/t20-,26+/m1/s1. The van der Waals surface area contributed by atoms with E-state index in [1.54, 1.807) is 48.5 Å². The summed E-state index contributed by atoms with van der Waals surface area (Å²) in [6.45, 7) is 6.92. The van der Waals surface area contributed by atoms with Crippen LogP contribution < -0.4 is 20.1 Å². The summed E-state index contributed by atoms with van der Waals surface area (Å²) in [6, 6.07) is 13.8. The minimum atomic E-state index is -0.184. The molecule has 2 atom stereocenters. The molecule has 184 valence electrons. The van der Waals surface area contributed by atoms with Crippen molar-refractivity contribution in [3.05, 3.63) is 58.6 Å². The molecule has 1 aliphatic carbocycles. The predicted molar refractivity (Wildman–Crippen MR) is 135 cm³/mol. The van der Waals surface area contributed by atoms with Crippen LogP contribution >= 0.6 is 23.2 Å². The fraction of sp³-hybridized carbons (Fsp3) is 0.462. The molecule has 1 fully saturated rings. The summed E-state index contributed by atoms with van der Waals surface area (Å²) in [5.74, 6) is 0.835. The van der Waals surface area contributed by atoms with Crippen LogP contribution in [0.4, 0.5) is 0 Å². The van der Waals surface area contributed by atoms with Crippen LogP contribution in [0.15, 0.2) is 48.5 Å². The number of hydrogen-bond acceptors (Lipinski definition) is 4. The molecular formula is C26H32Cl2N2O4. The van der Waals surface area contributed by atoms with E-state index in [1.807, 2.05) is 0 Å². The Morgan fingerprint density at radius 2 is 1.35 bits per heavy atom. The summed E-state index contributed by atoms with van der Waals surface area (Å²) in [5, 5.41) is 7.34. The zero-order valence-electron chi connectivity index (χ0n) is 19.8. The van der Waals surface area contributed by atoms with E-state index in [0.717, 1.165) is 19.3 Å². The van der Waals surface area contributed by atoms with E-state index in [0.29, 0.717) is 28.1 Å². The molecule has 2 amide bonds. The van der Waals surface area contributed by atoms with Gasteiger partial charge in [0.2, 0.25) is 0 Å². The van der Waals surface area contributed by atoms with Gasteiger partial charge < -0.3 is 20.1 Å². The molecule has 1 aliphatic rings. The van der Waals surface area contributed by atoms with Crippen LogP contribution in [-0.2, 0) is 9.59 Å². The highest BCUT2D eigenvalue weighted by Crippen LogP contribution is 2.45. The SMILES string of the molecule is CC1(C)C[C@@H](NC(=O)COc2ccc(Cl)cc2)C[C@](C)(CNC(=O)COc2ccc(Cl)cc2)C1. The van der Waals surface area contributed by atoms with Gasteiger partial charge in [-0.2, -0.15) is 0 Å². The molecule has 0 radical (unpaired) electrons. The van der Waals surface area contributed by atoms with E-state index in [4.69, 9.17) is 32.7 Å². The molecule has 0 aromatic heterocycles. The highest BCUT2D eigenvalue weighted by Gasteiger charge is 2.41. The second-order valence-electron chi connectivity index (χ2n) is 10.1. The first kappa shape index (κ1) is 26.2. The number of benzene rings is 2. The molecular weight excluding hydrogens is 475 g/mol. The average molecular weight is 507 g/mol. The molecule has 0 heterocycles. The zero-order chi connectivity index (χ0) is 24.8. The summed E-state index contributed by atoms with van der Waals surface area (Å²) in [7, 11) is 0. The second kappa shape index (κ2) is 11.3. The lowest BCUT2D eigenvalue weighted by Gasteiger charge is -2.47. The molecule has 34 heavy (non-hydrogen) atoms. The normalized spacial score (nSPS) is 21.4. The Kier molecular flexibility index (Phi) is 8.72. The molecule has 3 rings (SSSR count). The molecule has 0 saturated heterocycles. The van der Waals surface area contributed by atoms with Gasteiger partial charge in [0.15, 0.2) is 13.2 Å². The average Bonchev–Trinajstić information content (AvgIpc) is 2.75. The molecule has 2 N–H and O–H groups in total. The van der Waals surface area contributed by atoms with Gasteiger partial charge in [-0.1, -0.05) is 44.0 Å². The molecule has 0 bridgehead atoms. The molecule has 0 unspecified atom stereocenters. The van der Waals surface area contributed by atoms with Crippen molar-refractivity contribution < 1.29 is 19.1 Å². The topological polar surface area (TPSA) is 76.7 Å². The Bertz CT molecular complexity index is 979. The number of hydrogen-bond donors (Lipinski definition) is 2. The Hall–Kier alpha value is -2.44. The third-order valence-corrected chi connectivity index (χ3v) is 6.39. The third-order valence-electron chi connectivity index (χ3n) is 5.89.